The highest BCUT2D eigenvalue weighted by molar-refractivity contribution is 5.07. The fraction of sp³-hybridized carbons (Fsp3) is 0.818. The van der Waals surface area contributed by atoms with Crippen molar-refractivity contribution in [2.24, 2.45) is 5.73 Å². The fourth-order valence-corrected chi connectivity index (χ4v) is 1.56. The molecule has 2 N–H and O–H groups in total. The highest BCUT2D eigenvalue weighted by atomic mass is 16.5. The summed E-state index contributed by atoms with van der Waals surface area (Å²) >= 11 is 0. The molecule has 5 heteroatoms. The van der Waals surface area contributed by atoms with Crippen molar-refractivity contribution in [1.29, 1.82) is 0 Å². The van der Waals surface area contributed by atoms with Crippen LogP contribution in [0.15, 0.2) is 0 Å². The Kier molecular flexibility index (Phi) is 4.44. The third-order valence-corrected chi connectivity index (χ3v) is 3.02. The summed E-state index contributed by atoms with van der Waals surface area (Å²) in [4.78, 5) is 0. The summed E-state index contributed by atoms with van der Waals surface area (Å²) in [5.74, 6) is 1.82. The summed E-state index contributed by atoms with van der Waals surface area (Å²) in [5, 5.41) is 8.39. The maximum absolute atomic E-state index is 5.66. The van der Waals surface area contributed by atoms with Gasteiger partial charge in [0.2, 0.25) is 0 Å². The molecule has 0 aromatic carbocycles. The highest BCUT2D eigenvalue weighted by Gasteiger charge is 2.26. The molecule has 0 fully saturated rings. The molecule has 0 aliphatic carbocycles. The SMILES string of the molecule is CCC(C)(C)c1nnc(CN)n1CCOC. The first kappa shape index (κ1) is 13.1. The second kappa shape index (κ2) is 5.41. The minimum absolute atomic E-state index is 0.0220. The number of rotatable bonds is 6. The van der Waals surface area contributed by atoms with Crippen molar-refractivity contribution in [3.8, 4) is 0 Å². The summed E-state index contributed by atoms with van der Waals surface area (Å²) in [7, 11) is 1.69. The zero-order valence-corrected chi connectivity index (χ0v) is 10.7. The van der Waals surface area contributed by atoms with Gasteiger partial charge in [0.25, 0.3) is 0 Å². The first-order valence-corrected chi connectivity index (χ1v) is 5.68. The molecule has 0 aliphatic heterocycles. The van der Waals surface area contributed by atoms with Crippen molar-refractivity contribution in [2.75, 3.05) is 13.7 Å². The lowest BCUT2D eigenvalue weighted by molar-refractivity contribution is 0.183. The molecule has 0 atom stereocenters. The van der Waals surface area contributed by atoms with Crippen LogP contribution in [0.4, 0.5) is 0 Å². The lowest BCUT2D eigenvalue weighted by Crippen LogP contribution is -2.24. The number of hydrogen-bond donors (Lipinski definition) is 1. The molecule has 0 amide bonds. The average molecular weight is 226 g/mol. The molecule has 0 saturated carbocycles. The predicted molar refractivity (Wildman–Crippen MR) is 63.1 cm³/mol. The van der Waals surface area contributed by atoms with Crippen LogP contribution in [-0.2, 0) is 23.2 Å². The van der Waals surface area contributed by atoms with E-state index in [1.807, 2.05) is 0 Å². The summed E-state index contributed by atoms with van der Waals surface area (Å²) < 4.78 is 7.18. The molecule has 1 aromatic rings. The first-order chi connectivity index (χ1) is 7.56. The first-order valence-electron chi connectivity index (χ1n) is 5.68. The lowest BCUT2D eigenvalue weighted by Gasteiger charge is -2.23. The van der Waals surface area contributed by atoms with E-state index in [0.717, 1.165) is 24.6 Å². The van der Waals surface area contributed by atoms with E-state index in [1.54, 1.807) is 7.11 Å². The van der Waals surface area contributed by atoms with Crippen LogP contribution in [0.5, 0.6) is 0 Å². The molecule has 5 nitrogen and oxygen atoms in total. The lowest BCUT2D eigenvalue weighted by atomic mass is 9.89. The Labute approximate surface area is 97.0 Å². The Morgan fingerprint density at radius 2 is 2.06 bits per heavy atom. The average Bonchev–Trinajstić information content (AvgIpc) is 2.69. The third kappa shape index (κ3) is 2.59. The van der Waals surface area contributed by atoms with Gasteiger partial charge in [0.1, 0.15) is 11.6 Å². The maximum Gasteiger partial charge on any atom is 0.146 e. The summed E-state index contributed by atoms with van der Waals surface area (Å²) in [6.45, 7) is 8.31. The van der Waals surface area contributed by atoms with Gasteiger partial charge in [-0.3, -0.25) is 0 Å². The van der Waals surface area contributed by atoms with Crippen molar-refractivity contribution in [1.82, 2.24) is 14.8 Å². The Morgan fingerprint density at radius 3 is 2.56 bits per heavy atom. The van der Waals surface area contributed by atoms with Crippen LogP contribution in [0.25, 0.3) is 0 Å². The highest BCUT2D eigenvalue weighted by Crippen LogP contribution is 2.25. The van der Waals surface area contributed by atoms with Crippen LogP contribution >= 0.6 is 0 Å². The smallest absolute Gasteiger partial charge is 0.146 e. The quantitative estimate of drug-likeness (QED) is 0.788. The third-order valence-electron chi connectivity index (χ3n) is 3.02. The Hall–Kier alpha value is -0.940. The molecular weight excluding hydrogens is 204 g/mol. The van der Waals surface area contributed by atoms with Gasteiger partial charge >= 0.3 is 0 Å². The molecule has 0 bridgehead atoms. The molecule has 0 unspecified atom stereocenters. The van der Waals surface area contributed by atoms with Crippen molar-refractivity contribution in [3.05, 3.63) is 11.6 Å². The van der Waals surface area contributed by atoms with E-state index in [1.165, 1.54) is 0 Å². The number of hydrogen-bond acceptors (Lipinski definition) is 4. The van der Waals surface area contributed by atoms with Gasteiger partial charge in [0, 0.05) is 19.1 Å². The molecule has 1 aromatic heterocycles. The van der Waals surface area contributed by atoms with E-state index in [0.29, 0.717) is 13.2 Å². The zero-order valence-electron chi connectivity index (χ0n) is 10.7. The van der Waals surface area contributed by atoms with Crippen LogP contribution in [0, 0.1) is 0 Å². The van der Waals surface area contributed by atoms with Gasteiger partial charge in [-0.05, 0) is 6.42 Å². The minimum atomic E-state index is 0.0220. The monoisotopic (exact) mass is 226 g/mol. The second-order valence-corrected chi connectivity index (χ2v) is 4.53. The molecule has 0 radical (unpaired) electrons. The van der Waals surface area contributed by atoms with E-state index in [2.05, 4.69) is 35.5 Å². The van der Waals surface area contributed by atoms with Crippen LogP contribution in [0.3, 0.4) is 0 Å². The largest absolute Gasteiger partial charge is 0.383 e. The predicted octanol–water partition coefficient (Wildman–Crippen LogP) is 1.07. The summed E-state index contributed by atoms with van der Waals surface area (Å²) in [5.41, 5.74) is 5.68. The number of methoxy groups -OCH3 is 1. The zero-order chi connectivity index (χ0) is 12.2. The minimum Gasteiger partial charge on any atom is -0.383 e. The van der Waals surface area contributed by atoms with Gasteiger partial charge in [0.05, 0.1) is 13.2 Å². The van der Waals surface area contributed by atoms with Gasteiger partial charge in [0.15, 0.2) is 0 Å². The molecule has 0 saturated heterocycles. The topological polar surface area (TPSA) is 66.0 Å². The number of ether oxygens (including phenoxy) is 1. The van der Waals surface area contributed by atoms with Gasteiger partial charge < -0.3 is 15.0 Å². The standard InChI is InChI=1S/C11H22N4O/c1-5-11(2,3)10-14-13-9(8-12)15(10)6-7-16-4/h5-8,12H2,1-4H3. The molecule has 1 heterocycles. The molecule has 92 valence electrons. The van der Waals surface area contributed by atoms with Crippen LogP contribution in [-0.4, -0.2) is 28.5 Å². The van der Waals surface area contributed by atoms with Gasteiger partial charge in [-0.25, -0.2) is 0 Å². The number of aromatic nitrogens is 3. The van der Waals surface area contributed by atoms with Crippen molar-refractivity contribution >= 4 is 0 Å². The fourth-order valence-electron chi connectivity index (χ4n) is 1.56. The maximum atomic E-state index is 5.66. The van der Waals surface area contributed by atoms with E-state index < -0.39 is 0 Å². The summed E-state index contributed by atoms with van der Waals surface area (Å²) in [6, 6.07) is 0. The summed E-state index contributed by atoms with van der Waals surface area (Å²) in [6.07, 6.45) is 1.02. The number of nitrogens with zero attached hydrogens (tertiary/aromatic N) is 3. The Bertz CT molecular complexity index is 333. The normalized spacial score (nSPS) is 12.1. The molecule has 16 heavy (non-hydrogen) atoms. The van der Waals surface area contributed by atoms with E-state index >= 15 is 0 Å². The van der Waals surface area contributed by atoms with Crippen LogP contribution in [0.1, 0.15) is 38.8 Å². The Balaban J connectivity index is 3.04. The number of nitrogens with two attached hydrogens (primary N) is 1. The van der Waals surface area contributed by atoms with Crippen molar-refractivity contribution in [2.45, 2.75) is 45.7 Å². The molecule has 0 spiro atoms. The van der Waals surface area contributed by atoms with Gasteiger partial charge in [-0.1, -0.05) is 20.8 Å². The second-order valence-electron chi connectivity index (χ2n) is 4.53. The molecular formula is C11H22N4O. The van der Waals surface area contributed by atoms with E-state index in [4.69, 9.17) is 10.5 Å². The van der Waals surface area contributed by atoms with Crippen molar-refractivity contribution < 1.29 is 4.74 Å². The van der Waals surface area contributed by atoms with E-state index in [9.17, 15) is 0 Å². The van der Waals surface area contributed by atoms with Gasteiger partial charge in [-0.2, -0.15) is 0 Å². The molecule has 0 aliphatic rings. The van der Waals surface area contributed by atoms with Crippen LogP contribution < -0.4 is 5.73 Å². The van der Waals surface area contributed by atoms with E-state index in [-0.39, 0.29) is 5.41 Å². The van der Waals surface area contributed by atoms with Crippen LogP contribution in [0.2, 0.25) is 0 Å². The van der Waals surface area contributed by atoms with Crippen molar-refractivity contribution in [3.63, 3.8) is 0 Å². The van der Waals surface area contributed by atoms with Gasteiger partial charge in [-0.15, -0.1) is 10.2 Å². The molecule has 1 rings (SSSR count). The Morgan fingerprint density at radius 1 is 1.38 bits per heavy atom.